The molecule has 0 aliphatic carbocycles. The first kappa shape index (κ1) is 24.2. The number of ether oxygens (including phenoxy) is 1. The van der Waals surface area contributed by atoms with Crippen LogP contribution in [0.1, 0.15) is 11.1 Å². The van der Waals surface area contributed by atoms with Gasteiger partial charge in [-0.05, 0) is 89.6 Å². The molecule has 1 fully saturated rings. The van der Waals surface area contributed by atoms with Crippen LogP contribution in [-0.2, 0) is 11.4 Å². The van der Waals surface area contributed by atoms with Crippen LogP contribution in [-0.4, -0.2) is 11.1 Å². The zero-order valence-corrected chi connectivity index (χ0v) is 21.3. The molecule has 178 valence electrons. The third-order valence-corrected chi connectivity index (χ3v) is 6.82. The molecule has 1 saturated heterocycles. The number of aliphatic imine (C=N–C) groups is 1. The Balaban J connectivity index is 1.44. The predicted molar refractivity (Wildman–Crippen MR) is 150 cm³/mol. The predicted octanol–water partition coefficient (Wildman–Crippen LogP) is 8.38. The molecule has 5 rings (SSSR count). The number of hydrogen-bond acceptors (Lipinski definition) is 4. The van der Waals surface area contributed by atoms with Gasteiger partial charge >= 0.3 is 0 Å². The highest BCUT2D eigenvalue weighted by Crippen LogP contribution is 2.38. The molecule has 0 aromatic heterocycles. The molecule has 0 bridgehead atoms. The largest absolute Gasteiger partial charge is 0.489 e. The zero-order valence-electron chi connectivity index (χ0n) is 19.0. The molecule has 0 atom stereocenters. The second kappa shape index (κ2) is 11.0. The van der Waals surface area contributed by atoms with Gasteiger partial charge in [-0.25, -0.2) is 4.99 Å². The van der Waals surface area contributed by atoms with E-state index >= 15 is 0 Å². The molecule has 0 N–H and O–H groups in total. The summed E-state index contributed by atoms with van der Waals surface area (Å²) < 4.78 is 5.96. The first-order valence-electron chi connectivity index (χ1n) is 11.2. The lowest BCUT2D eigenvalue weighted by Gasteiger charge is -2.15. The number of hydrogen-bond donors (Lipinski definition) is 0. The summed E-state index contributed by atoms with van der Waals surface area (Å²) >= 11 is 13.4. The summed E-state index contributed by atoms with van der Waals surface area (Å²) in [6.07, 6.45) is 1.86. The van der Waals surface area contributed by atoms with Crippen LogP contribution in [0.4, 0.5) is 11.4 Å². The summed E-state index contributed by atoms with van der Waals surface area (Å²) in [5.74, 6) is 0.568. The summed E-state index contributed by atoms with van der Waals surface area (Å²) in [7, 11) is 0. The van der Waals surface area contributed by atoms with E-state index in [1.54, 1.807) is 41.3 Å². The van der Waals surface area contributed by atoms with Gasteiger partial charge < -0.3 is 4.74 Å². The minimum absolute atomic E-state index is 0.161. The van der Waals surface area contributed by atoms with Crippen LogP contribution >= 0.6 is 35.0 Å². The van der Waals surface area contributed by atoms with E-state index in [0.717, 1.165) is 16.9 Å². The molecule has 4 nitrogen and oxygen atoms in total. The van der Waals surface area contributed by atoms with Crippen molar-refractivity contribution in [1.29, 1.82) is 0 Å². The number of halogens is 2. The molecule has 0 saturated carbocycles. The quantitative estimate of drug-likeness (QED) is 0.235. The van der Waals surface area contributed by atoms with Gasteiger partial charge in [0.05, 0.1) is 16.3 Å². The smallest absolute Gasteiger partial charge is 0.271 e. The lowest BCUT2D eigenvalue weighted by molar-refractivity contribution is -0.113. The van der Waals surface area contributed by atoms with E-state index in [0.29, 0.717) is 38.1 Å². The maximum Gasteiger partial charge on any atom is 0.271 e. The Morgan fingerprint density at radius 2 is 1.53 bits per heavy atom. The van der Waals surface area contributed by atoms with Crippen LogP contribution < -0.4 is 9.64 Å². The molecule has 1 aliphatic heterocycles. The molecule has 1 amide bonds. The molecule has 4 aromatic carbocycles. The fourth-order valence-electron chi connectivity index (χ4n) is 3.58. The van der Waals surface area contributed by atoms with Gasteiger partial charge in [0.15, 0.2) is 5.17 Å². The van der Waals surface area contributed by atoms with Crippen molar-refractivity contribution < 1.29 is 9.53 Å². The van der Waals surface area contributed by atoms with Gasteiger partial charge in [0.25, 0.3) is 5.91 Å². The Labute approximate surface area is 223 Å². The van der Waals surface area contributed by atoms with E-state index in [-0.39, 0.29) is 5.91 Å². The van der Waals surface area contributed by atoms with Crippen molar-refractivity contribution in [2.75, 3.05) is 4.90 Å². The number of nitrogens with zero attached hydrogens (tertiary/aromatic N) is 2. The average molecular weight is 531 g/mol. The first-order chi connectivity index (χ1) is 17.5. The van der Waals surface area contributed by atoms with Crippen molar-refractivity contribution in [2.45, 2.75) is 6.61 Å². The summed E-state index contributed by atoms with van der Waals surface area (Å²) in [4.78, 5) is 20.4. The Morgan fingerprint density at radius 3 is 2.25 bits per heavy atom. The number of amidine groups is 1. The number of carbonyl (C=O) groups is 1. The van der Waals surface area contributed by atoms with Crippen LogP contribution in [0.25, 0.3) is 6.08 Å². The lowest BCUT2D eigenvalue weighted by Crippen LogP contribution is -2.28. The standard InChI is InChI=1S/C29H20Cl2N2O2S/c30-22-9-13-24(14-10-22)32-29-33(25-15-11-23(31)12-16-25)28(34)27(36-29)18-21-7-4-8-26(17-21)35-19-20-5-2-1-3-6-20/h1-18H,19H2/b27-18-,32-29?. The molecule has 36 heavy (non-hydrogen) atoms. The highest BCUT2D eigenvalue weighted by atomic mass is 35.5. The third kappa shape index (κ3) is 5.82. The second-order valence-corrected chi connectivity index (χ2v) is 9.83. The van der Waals surface area contributed by atoms with Crippen LogP contribution in [0.15, 0.2) is 113 Å². The molecule has 0 radical (unpaired) electrons. The molecule has 4 aromatic rings. The summed E-state index contributed by atoms with van der Waals surface area (Å²) in [6, 6.07) is 32.0. The summed E-state index contributed by atoms with van der Waals surface area (Å²) in [5.41, 5.74) is 3.34. The average Bonchev–Trinajstić information content (AvgIpc) is 3.19. The van der Waals surface area contributed by atoms with E-state index in [2.05, 4.69) is 0 Å². The minimum atomic E-state index is -0.161. The molecule has 0 unspecified atom stereocenters. The van der Waals surface area contributed by atoms with Crippen molar-refractivity contribution in [2.24, 2.45) is 4.99 Å². The highest BCUT2D eigenvalue weighted by molar-refractivity contribution is 8.19. The molecule has 1 aliphatic rings. The monoisotopic (exact) mass is 530 g/mol. The van der Waals surface area contributed by atoms with Gasteiger partial charge in [0.1, 0.15) is 12.4 Å². The zero-order chi connectivity index (χ0) is 24.9. The van der Waals surface area contributed by atoms with E-state index < -0.39 is 0 Å². The fourth-order valence-corrected chi connectivity index (χ4v) is 4.83. The number of amides is 1. The molecular weight excluding hydrogens is 511 g/mol. The Kier molecular flexibility index (Phi) is 7.42. The van der Waals surface area contributed by atoms with Crippen LogP contribution in [0.5, 0.6) is 5.75 Å². The molecular formula is C29H20Cl2N2O2S. The molecule has 7 heteroatoms. The summed E-state index contributed by atoms with van der Waals surface area (Å²) in [5, 5.41) is 1.77. The van der Waals surface area contributed by atoms with E-state index in [9.17, 15) is 4.79 Å². The summed E-state index contributed by atoms with van der Waals surface area (Å²) in [6.45, 7) is 0.469. The van der Waals surface area contributed by atoms with Crippen LogP contribution in [0.2, 0.25) is 10.0 Å². The Hall–Kier alpha value is -3.51. The van der Waals surface area contributed by atoms with Gasteiger partial charge in [-0.3, -0.25) is 9.69 Å². The van der Waals surface area contributed by atoms with Crippen LogP contribution in [0.3, 0.4) is 0 Å². The lowest BCUT2D eigenvalue weighted by atomic mass is 10.2. The van der Waals surface area contributed by atoms with E-state index in [1.165, 1.54) is 11.8 Å². The number of thioether (sulfide) groups is 1. The van der Waals surface area contributed by atoms with Crippen molar-refractivity contribution >= 4 is 63.5 Å². The Morgan fingerprint density at radius 1 is 0.833 bits per heavy atom. The molecule has 0 spiro atoms. The number of benzene rings is 4. The van der Waals surface area contributed by atoms with Gasteiger partial charge in [-0.1, -0.05) is 65.7 Å². The second-order valence-electron chi connectivity index (χ2n) is 7.95. The van der Waals surface area contributed by atoms with Gasteiger partial charge in [-0.15, -0.1) is 0 Å². The number of carbonyl (C=O) groups excluding carboxylic acids is 1. The third-order valence-electron chi connectivity index (χ3n) is 5.35. The highest BCUT2D eigenvalue weighted by Gasteiger charge is 2.34. The van der Waals surface area contributed by atoms with Crippen molar-refractivity contribution in [3.8, 4) is 5.75 Å². The number of rotatable bonds is 6. The van der Waals surface area contributed by atoms with Gasteiger partial charge in [-0.2, -0.15) is 0 Å². The maximum absolute atomic E-state index is 13.5. The molecule has 1 heterocycles. The van der Waals surface area contributed by atoms with Crippen molar-refractivity contribution in [3.63, 3.8) is 0 Å². The SMILES string of the molecule is O=C1/C(=C/c2cccc(OCc3ccccc3)c2)SC(=Nc2ccc(Cl)cc2)N1c1ccc(Cl)cc1. The van der Waals surface area contributed by atoms with Gasteiger partial charge in [0.2, 0.25) is 0 Å². The van der Waals surface area contributed by atoms with E-state index in [4.69, 9.17) is 32.9 Å². The Bertz CT molecular complexity index is 1440. The fraction of sp³-hybridized carbons (Fsp3) is 0.0345. The van der Waals surface area contributed by atoms with Crippen LogP contribution in [0, 0.1) is 0 Å². The van der Waals surface area contributed by atoms with Crippen molar-refractivity contribution in [3.05, 3.63) is 129 Å². The van der Waals surface area contributed by atoms with E-state index in [1.807, 2.05) is 72.8 Å². The first-order valence-corrected chi connectivity index (χ1v) is 12.7. The topological polar surface area (TPSA) is 41.9 Å². The maximum atomic E-state index is 13.5. The normalized spacial score (nSPS) is 15.6. The minimum Gasteiger partial charge on any atom is -0.489 e. The van der Waals surface area contributed by atoms with Gasteiger partial charge in [0, 0.05) is 10.0 Å². The van der Waals surface area contributed by atoms with Crippen molar-refractivity contribution in [1.82, 2.24) is 0 Å². The number of anilines is 1.